The quantitative estimate of drug-likeness (QED) is 0.381. The van der Waals surface area contributed by atoms with Crippen LogP contribution in [0.25, 0.3) is 33.3 Å². The van der Waals surface area contributed by atoms with Gasteiger partial charge in [0.2, 0.25) is 5.91 Å². The molecule has 0 spiro atoms. The van der Waals surface area contributed by atoms with Crippen LogP contribution in [-0.4, -0.2) is 34.2 Å². The molecule has 1 fully saturated rings. The third kappa shape index (κ3) is 4.84. The number of H-pyrrole nitrogens is 1. The van der Waals surface area contributed by atoms with E-state index in [1.54, 1.807) is 19.3 Å². The summed E-state index contributed by atoms with van der Waals surface area (Å²) in [4.78, 5) is 32.2. The molecule has 0 aliphatic heterocycles. The summed E-state index contributed by atoms with van der Waals surface area (Å²) in [5.41, 5.74) is 5.38. The van der Waals surface area contributed by atoms with E-state index in [-0.39, 0.29) is 11.5 Å². The Balaban J connectivity index is 1.45. The molecule has 1 aliphatic carbocycles. The second kappa shape index (κ2) is 9.49. The van der Waals surface area contributed by atoms with E-state index < -0.39 is 0 Å². The van der Waals surface area contributed by atoms with Crippen molar-refractivity contribution < 1.29 is 9.53 Å². The molecular formula is C27H26N4O3. The summed E-state index contributed by atoms with van der Waals surface area (Å²) in [5, 5.41) is 3.85. The number of carbonyl (C=O) groups is 1. The van der Waals surface area contributed by atoms with Crippen molar-refractivity contribution in [1.82, 2.24) is 14.5 Å². The Morgan fingerprint density at radius 2 is 2.09 bits per heavy atom. The van der Waals surface area contributed by atoms with Crippen LogP contribution in [-0.2, 0) is 16.1 Å². The molecule has 1 saturated carbocycles. The number of aromatic nitrogens is 3. The Labute approximate surface area is 197 Å². The number of nitrogens with one attached hydrogen (secondary N) is 2. The molecule has 0 radical (unpaired) electrons. The van der Waals surface area contributed by atoms with E-state index >= 15 is 0 Å². The number of fused-ring (bicyclic) bond motifs is 1. The first kappa shape index (κ1) is 21.9. The summed E-state index contributed by atoms with van der Waals surface area (Å²) in [6, 6.07) is 13.3. The number of aromatic amines is 1. The van der Waals surface area contributed by atoms with E-state index in [9.17, 15) is 9.59 Å². The number of anilines is 1. The van der Waals surface area contributed by atoms with Gasteiger partial charge in [0.25, 0.3) is 5.56 Å². The lowest BCUT2D eigenvalue weighted by Crippen LogP contribution is -2.19. The SMILES string of the molecule is COCC=CC(=O)Nc1cccc(-c2cnc3[nH]cc(-c4ccc(=O)n(CC5CC5)c4)c3c2)c1. The van der Waals surface area contributed by atoms with E-state index in [1.165, 1.54) is 18.9 Å². The maximum atomic E-state index is 12.3. The van der Waals surface area contributed by atoms with Crippen molar-refractivity contribution in [2.75, 3.05) is 19.0 Å². The number of carbonyl (C=O) groups excluding carboxylic acids is 1. The molecule has 7 heteroatoms. The Bertz CT molecular complexity index is 1430. The molecule has 3 aromatic heterocycles. The molecule has 3 heterocycles. The van der Waals surface area contributed by atoms with Crippen molar-refractivity contribution in [1.29, 1.82) is 0 Å². The first-order valence-electron chi connectivity index (χ1n) is 11.4. The van der Waals surface area contributed by atoms with Crippen LogP contribution in [0, 0.1) is 5.92 Å². The molecule has 172 valence electrons. The summed E-state index contributed by atoms with van der Waals surface area (Å²) < 4.78 is 6.74. The normalized spacial score (nSPS) is 13.6. The highest BCUT2D eigenvalue weighted by molar-refractivity contribution is 6.00. The van der Waals surface area contributed by atoms with Crippen molar-refractivity contribution in [3.8, 4) is 22.3 Å². The second-order valence-electron chi connectivity index (χ2n) is 8.60. The van der Waals surface area contributed by atoms with Gasteiger partial charge in [-0.15, -0.1) is 0 Å². The minimum Gasteiger partial charge on any atom is -0.381 e. The largest absolute Gasteiger partial charge is 0.381 e. The number of pyridine rings is 2. The van der Waals surface area contributed by atoms with Crippen molar-refractivity contribution >= 4 is 22.6 Å². The predicted molar refractivity (Wildman–Crippen MR) is 134 cm³/mol. The van der Waals surface area contributed by atoms with Crippen molar-refractivity contribution in [3.63, 3.8) is 0 Å². The summed E-state index contributed by atoms with van der Waals surface area (Å²) in [7, 11) is 1.58. The van der Waals surface area contributed by atoms with E-state index in [0.717, 1.165) is 39.8 Å². The van der Waals surface area contributed by atoms with Gasteiger partial charge in [0, 0.05) is 72.2 Å². The zero-order chi connectivity index (χ0) is 23.5. The molecule has 0 atom stereocenters. The first-order valence-corrected chi connectivity index (χ1v) is 11.4. The van der Waals surface area contributed by atoms with Gasteiger partial charge in [-0.3, -0.25) is 9.59 Å². The van der Waals surface area contributed by atoms with Crippen molar-refractivity contribution in [3.05, 3.63) is 83.6 Å². The fraction of sp³-hybridized carbons (Fsp3) is 0.222. The number of hydrogen-bond acceptors (Lipinski definition) is 4. The van der Waals surface area contributed by atoms with Crippen LogP contribution >= 0.6 is 0 Å². The molecule has 2 N–H and O–H groups in total. The molecule has 0 bridgehead atoms. The molecule has 0 saturated heterocycles. The second-order valence-corrected chi connectivity index (χ2v) is 8.60. The van der Waals surface area contributed by atoms with Gasteiger partial charge in [0.05, 0.1) is 6.61 Å². The highest BCUT2D eigenvalue weighted by atomic mass is 16.5. The number of rotatable bonds is 8. The fourth-order valence-electron chi connectivity index (χ4n) is 4.02. The number of ether oxygens (including phenoxy) is 1. The Morgan fingerprint density at radius 3 is 2.91 bits per heavy atom. The Kier molecular flexibility index (Phi) is 6.10. The van der Waals surface area contributed by atoms with Crippen LogP contribution in [0.15, 0.2) is 78.0 Å². The predicted octanol–water partition coefficient (Wildman–Crippen LogP) is 4.61. The Hall–Kier alpha value is -3.97. The average molecular weight is 455 g/mol. The van der Waals surface area contributed by atoms with Gasteiger partial charge in [-0.05, 0) is 48.6 Å². The Morgan fingerprint density at radius 1 is 1.21 bits per heavy atom. The van der Waals surface area contributed by atoms with Crippen LogP contribution < -0.4 is 10.9 Å². The summed E-state index contributed by atoms with van der Waals surface area (Å²) in [5.74, 6) is 0.407. The first-order chi connectivity index (χ1) is 16.6. The molecule has 1 amide bonds. The molecule has 1 aromatic carbocycles. The third-order valence-corrected chi connectivity index (χ3v) is 5.97. The average Bonchev–Trinajstić information content (AvgIpc) is 3.56. The maximum absolute atomic E-state index is 12.3. The highest BCUT2D eigenvalue weighted by Crippen LogP contribution is 2.33. The monoisotopic (exact) mass is 454 g/mol. The molecule has 7 nitrogen and oxygen atoms in total. The van der Waals surface area contributed by atoms with Crippen LogP contribution in [0.3, 0.4) is 0 Å². The van der Waals surface area contributed by atoms with Crippen molar-refractivity contribution in [2.24, 2.45) is 5.92 Å². The lowest BCUT2D eigenvalue weighted by atomic mass is 10.0. The summed E-state index contributed by atoms with van der Waals surface area (Å²) >= 11 is 0. The maximum Gasteiger partial charge on any atom is 0.250 e. The molecular weight excluding hydrogens is 428 g/mol. The van der Waals surface area contributed by atoms with E-state index in [2.05, 4.69) is 21.4 Å². The third-order valence-electron chi connectivity index (χ3n) is 5.97. The van der Waals surface area contributed by atoms with Gasteiger partial charge in [-0.25, -0.2) is 4.98 Å². The topological polar surface area (TPSA) is 89.0 Å². The molecule has 4 aromatic rings. The van der Waals surface area contributed by atoms with Crippen LogP contribution in [0.4, 0.5) is 5.69 Å². The van der Waals surface area contributed by atoms with Gasteiger partial charge < -0.3 is 19.6 Å². The van der Waals surface area contributed by atoms with Crippen LogP contribution in [0.1, 0.15) is 12.8 Å². The molecule has 5 rings (SSSR count). The van der Waals surface area contributed by atoms with E-state index in [0.29, 0.717) is 18.2 Å². The van der Waals surface area contributed by atoms with E-state index in [1.807, 2.05) is 53.5 Å². The van der Waals surface area contributed by atoms with E-state index in [4.69, 9.17) is 4.74 Å². The zero-order valence-electron chi connectivity index (χ0n) is 19.0. The van der Waals surface area contributed by atoms with Gasteiger partial charge in [-0.2, -0.15) is 0 Å². The zero-order valence-corrected chi connectivity index (χ0v) is 19.0. The smallest absolute Gasteiger partial charge is 0.250 e. The number of methoxy groups -OCH3 is 1. The van der Waals surface area contributed by atoms with Gasteiger partial charge in [0.1, 0.15) is 5.65 Å². The number of benzene rings is 1. The highest BCUT2D eigenvalue weighted by Gasteiger charge is 2.22. The minimum absolute atomic E-state index is 0.0326. The number of nitrogens with zero attached hydrogens (tertiary/aromatic N) is 2. The van der Waals surface area contributed by atoms with Gasteiger partial charge in [-0.1, -0.05) is 18.2 Å². The lowest BCUT2D eigenvalue weighted by molar-refractivity contribution is -0.111. The lowest BCUT2D eigenvalue weighted by Gasteiger charge is -2.08. The number of amides is 1. The molecule has 1 aliphatic rings. The van der Waals surface area contributed by atoms with Gasteiger partial charge >= 0.3 is 0 Å². The van der Waals surface area contributed by atoms with Crippen LogP contribution in [0.5, 0.6) is 0 Å². The minimum atomic E-state index is -0.211. The fourth-order valence-corrected chi connectivity index (χ4v) is 4.02. The summed E-state index contributed by atoms with van der Waals surface area (Å²) in [6.07, 6.45) is 11.2. The molecule has 34 heavy (non-hydrogen) atoms. The van der Waals surface area contributed by atoms with Gasteiger partial charge in [0.15, 0.2) is 0 Å². The standard InChI is InChI=1S/C27H26N4O3/c1-34-11-3-6-25(32)30-22-5-2-4-19(12-22)21-13-23-24(15-29-27(23)28-14-21)20-9-10-26(33)31(17-20)16-18-7-8-18/h2-6,9-10,12-15,17-18H,7-8,11,16H2,1H3,(H,28,29)(H,30,32). The summed E-state index contributed by atoms with van der Waals surface area (Å²) in [6.45, 7) is 1.16. The molecule has 0 unspecified atom stereocenters. The van der Waals surface area contributed by atoms with Crippen LogP contribution in [0.2, 0.25) is 0 Å². The number of hydrogen-bond donors (Lipinski definition) is 2. The van der Waals surface area contributed by atoms with Crippen molar-refractivity contribution in [2.45, 2.75) is 19.4 Å².